The Kier molecular flexibility index (Phi) is 4.00. The molecule has 1 aromatic heterocycles. The zero-order valence-corrected chi connectivity index (χ0v) is 14.0. The standard InChI is InChI=1S/C16H20N4O4/c1-16(2,3)24-15(23)18-6-8-19(9-7-18)20-13(21)11-4-5-17-10-12(11)14(20)22/h4-5,10H,6-9H2,1-3H3. The maximum atomic E-state index is 12.4. The predicted octanol–water partition coefficient (Wildman–Crippen LogP) is 1.15. The number of imide groups is 1. The van der Waals surface area contributed by atoms with E-state index in [1.807, 2.05) is 20.8 Å². The lowest BCUT2D eigenvalue weighted by atomic mass is 10.2. The van der Waals surface area contributed by atoms with Gasteiger partial charge in [0.15, 0.2) is 0 Å². The van der Waals surface area contributed by atoms with Gasteiger partial charge in [0.05, 0.1) is 11.1 Å². The maximum Gasteiger partial charge on any atom is 0.410 e. The predicted molar refractivity (Wildman–Crippen MR) is 84.1 cm³/mol. The fourth-order valence-corrected chi connectivity index (χ4v) is 2.73. The molecule has 0 N–H and O–H groups in total. The number of carbonyl (C=O) groups excluding carboxylic acids is 3. The zero-order valence-electron chi connectivity index (χ0n) is 14.0. The summed E-state index contributed by atoms with van der Waals surface area (Å²) in [6.45, 7) is 6.99. The molecule has 0 spiro atoms. The van der Waals surface area contributed by atoms with Crippen LogP contribution in [0.3, 0.4) is 0 Å². The largest absolute Gasteiger partial charge is 0.444 e. The van der Waals surface area contributed by atoms with E-state index in [-0.39, 0.29) is 17.9 Å². The first-order chi connectivity index (χ1) is 11.3. The first-order valence-corrected chi connectivity index (χ1v) is 7.83. The van der Waals surface area contributed by atoms with Gasteiger partial charge < -0.3 is 9.64 Å². The van der Waals surface area contributed by atoms with Crippen LogP contribution >= 0.6 is 0 Å². The summed E-state index contributed by atoms with van der Waals surface area (Å²) < 4.78 is 5.34. The second-order valence-corrected chi connectivity index (χ2v) is 6.76. The molecule has 0 unspecified atom stereocenters. The highest BCUT2D eigenvalue weighted by Gasteiger charge is 2.41. The lowest BCUT2D eigenvalue weighted by Gasteiger charge is -2.38. The van der Waals surface area contributed by atoms with Crippen LogP contribution in [0.4, 0.5) is 4.79 Å². The quantitative estimate of drug-likeness (QED) is 0.717. The van der Waals surface area contributed by atoms with Crippen molar-refractivity contribution in [3.05, 3.63) is 29.6 Å². The van der Waals surface area contributed by atoms with Crippen LogP contribution in [0.25, 0.3) is 0 Å². The van der Waals surface area contributed by atoms with E-state index in [0.717, 1.165) is 5.01 Å². The number of fused-ring (bicyclic) bond motifs is 1. The Morgan fingerprint density at radius 3 is 2.29 bits per heavy atom. The highest BCUT2D eigenvalue weighted by atomic mass is 16.6. The van der Waals surface area contributed by atoms with Crippen LogP contribution in [0.15, 0.2) is 18.5 Å². The molecule has 24 heavy (non-hydrogen) atoms. The first kappa shape index (κ1) is 16.4. The summed E-state index contributed by atoms with van der Waals surface area (Å²) in [5.41, 5.74) is 0.130. The summed E-state index contributed by atoms with van der Waals surface area (Å²) in [6.07, 6.45) is 2.52. The van der Waals surface area contributed by atoms with E-state index in [4.69, 9.17) is 4.74 Å². The normalized spacial score (nSPS) is 18.8. The summed E-state index contributed by atoms with van der Waals surface area (Å²) in [7, 11) is 0. The molecule has 128 valence electrons. The number of ether oxygens (including phenoxy) is 1. The molecule has 3 rings (SSSR count). The summed E-state index contributed by atoms with van der Waals surface area (Å²) in [6, 6.07) is 1.55. The first-order valence-electron chi connectivity index (χ1n) is 7.83. The molecule has 1 aromatic rings. The smallest absolute Gasteiger partial charge is 0.410 e. The molecule has 1 saturated heterocycles. The SMILES string of the molecule is CC(C)(C)OC(=O)N1CCN(N2C(=O)c3ccncc3C2=O)CC1. The molecular formula is C16H20N4O4. The van der Waals surface area contributed by atoms with Crippen LogP contribution in [0.5, 0.6) is 0 Å². The summed E-state index contributed by atoms with van der Waals surface area (Å²) in [5, 5.41) is 2.82. The van der Waals surface area contributed by atoms with Gasteiger partial charge in [-0.3, -0.25) is 14.6 Å². The van der Waals surface area contributed by atoms with Crippen molar-refractivity contribution in [3.8, 4) is 0 Å². The number of aromatic nitrogens is 1. The minimum Gasteiger partial charge on any atom is -0.444 e. The Morgan fingerprint density at radius 2 is 1.71 bits per heavy atom. The molecule has 0 aliphatic carbocycles. The summed E-state index contributed by atoms with van der Waals surface area (Å²) in [5.74, 6) is -0.711. The van der Waals surface area contributed by atoms with Crippen molar-refractivity contribution >= 4 is 17.9 Å². The molecule has 0 bridgehead atoms. The van der Waals surface area contributed by atoms with E-state index in [9.17, 15) is 14.4 Å². The molecule has 2 aliphatic rings. The van der Waals surface area contributed by atoms with Crippen molar-refractivity contribution in [2.45, 2.75) is 26.4 Å². The molecule has 2 aliphatic heterocycles. The molecule has 0 radical (unpaired) electrons. The van der Waals surface area contributed by atoms with Crippen LogP contribution in [0.2, 0.25) is 0 Å². The van der Waals surface area contributed by atoms with Gasteiger partial charge >= 0.3 is 6.09 Å². The van der Waals surface area contributed by atoms with Crippen molar-refractivity contribution in [1.82, 2.24) is 19.9 Å². The number of hydrazine groups is 1. The van der Waals surface area contributed by atoms with E-state index in [1.165, 1.54) is 12.4 Å². The van der Waals surface area contributed by atoms with Crippen LogP contribution in [0.1, 0.15) is 41.5 Å². The molecular weight excluding hydrogens is 312 g/mol. The van der Waals surface area contributed by atoms with Crippen molar-refractivity contribution in [2.24, 2.45) is 0 Å². The molecule has 8 heteroatoms. The van der Waals surface area contributed by atoms with Crippen molar-refractivity contribution < 1.29 is 19.1 Å². The molecule has 8 nitrogen and oxygen atoms in total. The average Bonchev–Trinajstić information content (AvgIpc) is 2.78. The number of carbonyl (C=O) groups is 3. The van der Waals surface area contributed by atoms with Gasteiger partial charge in [-0.05, 0) is 26.8 Å². The minimum atomic E-state index is -0.552. The monoisotopic (exact) mass is 332 g/mol. The Hall–Kier alpha value is -2.48. The van der Waals surface area contributed by atoms with Gasteiger partial charge in [0.1, 0.15) is 5.60 Å². The van der Waals surface area contributed by atoms with Gasteiger partial charge in [-0.2, -0.15) is 0 Å². The number of amides is 3. The number of pyridine rings is 1. The second-order valence-electron chi connectivity index (χ2n) is 6.76. The van der Waals surface area contributed by atoms with Crippen LogP contribution < -0.4 is 0 Å². The minimum absolute atomic E-state index is 0.317. The third-order valence-corrected chi connectivity index (χ3v) is 3.86. The Balaban J connectivity index is 1.65. The summed E-state index contributed by atoms with van der Waals surface area (Å²) in [4.78, 5) is 42.4. The van der Waals surface area contributed by atoms with Gasteiger partial charge in [-0.1, -0.05) is 0 Å². The number of hydrogen-bond donors (Lipinski definition) is 0. The van der Waals surface area contributed by atoms with E-state index >= 15 is 0 Å². The van der Waals surface area contributed by atoms with Gasteiger partial charge in [0.25, 0.3) is 11.8 Å². The third kappa shape index (κ3) is 2.96. The Morgan fingerprint density at radius 1 is 1.08 bits per heavy atom. The van der Waals surface area contributed by atoms with Gasteiger partial charge in [0, 0.05) is 38.6 Å². The lowest BCUT2D eigenvalue weighted by Crippen LogP contribution is -2.57. The third-order valence-electron chi connectivity index (χ3n) is 3.86. The highest BCUT2D eigenvalue weighted by Crippen LogP contribution is 2.24. The molecule has 0 aromatic carbocycles. The lowest BCUT2D eigenvalue weighted by molar-refractivity contribution is -0.0287. The van der Waals surface area contributed by atoms with E-state index in [2.05, 4.69) is 4.98 Å². The number of nitrogens with zero attached hydrogens (tertiary/aromatic N) is 4. The van der Waals surface area contributed by atoms with Gasteiger partial charge in [-0.25, -0.2) is 14.8 Å². The molecule has 1 fully saturated rings. The molecule has 3 heterocycles. The van der Waals surface area contributed by atoms with E-state index < -0.39 is 5.60 Å². The molecule has 3 amide bonds. The molecule has 0 atom stereocenters. The van der Waals surface area contributed by atoms with Crippen LogP contribution in [-0.4, -0.2) is 69.6 Å². The Labute approximate surface area is 140 Å². The number of hydrogen-bond acceptors (Lipinski definition) is 6. The van der Waals surface area contributed by atoms with Crippen molar-refractivity contribution in [2.75, 3.05) is 26.2 Å². The topological polar surface area (TPSA) is 83.1 Å². The summed E-state index contributed by atoms with van der Waals surface area (Å²) >= 11 is 0. The number of rotatable bonds is 1. The zero-order chi connectivity index (χ0) is 17.5. The second kappa shape index (κ2) is 5.86. The maximum absolute atomic E-state index is 12.4. The Bertz CT molecular complexity index is 655. The molecule has 0 saturated carbocycles. The fraction of sp³-hybridized carbons (Fsp3) is 0.500. The van der Waals surface area contributed by atoms with Crippen LogP contribution in [-0.2, 0) is 4.74 Å². The van der Waals surface area contributed by atoms with Crippen LogP contribution in [0, 0.1) is 0 Å². The van der Waals surface area contributed by atoms with Crippen molar-refractivity contribution in [1.29, 1.82) is 0 Å². The fourth-order valence-electron chi connectivity index (χ4n) is 2.73. The average molecular weight is 332 g/mol. The van der Waals surface area contributed by atoms with Gasteiger partial charge in [-0.15, -0.1) is 0 Å². The number of piperazine rings is 1. The van der Waals surface area contributed by atoms with E-state index in [0.29, 0.717) is 37.3 Å². The highest BCUT2D eigenvalue weighted by molar-refractivity contribution is 6.20. The van der Waals surface area contributed by atoms with Crippen molar-refractivity contribution in [3.63, 3.8) is 0 Å². The van der Waals surface area contributed by atoms with Gasteiger partial charge in [0.2, 0.25) is 0 Å². The van der Waals surface area contributed by atoms with E-state index in [1.54, 1.807) is 16.0 Å².